The molecule has 0 radical (unpaired) electrons. The zero-order valence-electron chi connectivity index (χ0n) is 13.0. The lowest BCUT2D eigenvalue weighted by molar-refractivity contribution is 0.0983. The fraction of sp³-hybridized carbons (Fsp3) is 0.118. The molecule has 0 saturated heterocycles. The summed E-state index contributed by atoms with van der Waals surface area (Å²) in [6.07, 6.45) is 0. The van der Waals surface area contributed by atoms with Crippen molar-refractivity contribution < 1.29 is 13.2 Å². The predicted molar refractivity (Wildman–Crippen MR) is 96.1 cm³/mol. The van der Waals surface area contributed by atoms with Gasteiger partial charge in [-0.15, -0.1) is 11.3 Å². The van der Waals surface area contributed by atoms with E-state index in [0.717, 1.165) is 20.0 Å². The second-order valence-electron chi connectivity index (χ2n) is 5.33. The number of rotatable bonds is 5. The Bertz CT molecular complexity index is 933. The fourth-order valence-electron chi connectivity index (χ4n) is 2.26. The van der Waals surface area contributed by atoms with E-state index in [1.807, 2.05) is 54.6 Å². The van der Waals surface area contributed by atoms with Gasteiger partial charge in [-0.2, -0.15) is 12.7 Å². The molecule has 24 heavy (non-hydrogen) atoms. The fourth-order valence-corrected chi connectivity index (χ4v) is 4.11. The Morgan fingerprint density at radius 1 is 1.08 bits per heavy atom. The zero-order valence-corrected chi connectivity index (χ0v) is 14.6. The number of hydrogen-bond acceptors (Lipinski definition) is 4. The van der Waals surface area contributed by atoms with Gasteiger partial charge in [0.05, 0.1) is 4.88 Å². The van der Waals surface area contributed by atoms with Gasteiger partial charge in [0.15, 0.2) is 0 Å². The number of thiophene rings is 1. The molecule has 1 aromatic heterocycles. The Hall–Kier alpha value is -2.22. The Morgan fingerprint density at radius 2 is 1.75 bits per heavy atom. The van der Waals surface area contributed by atoms with Crippen LogP contribution in [-0.2, 0) is 16.8 Å². The molecule has 1 heterocycles. The number of benzene rings is 2. The molecule has 1 amide bonds. The zero-order chi connectivity index (χ0) is 17.2. The summed E-state index contributed by atoms with van der Waals surface area (Å²) in [7, 11) is -2.46. The van der Waals surface area contributed by atoms with Crippen LogP contribution < -0.4 is 4.72 Å². The molecule has 0 atom stereocenters. The largest absolute Gasteiger partial charge is 0.304 e. The first-order valence-corrected chi connectivity index (χ1v) is 9.52. The minimum Gasteiger partial charge on any atom is -0.267 e. The molecule has 0 spiro atoms. The summed E-state index contributed by atoms with van der Waals surface area (Å²) in [6.45, 7) is 0.190. The third-order valence-corrected chi connectivity index (χ3v) is 6.04. The third-order valence-electron chi connectivity index (χ3n) is 3.53. The van der Waals surface area contributed by atoms with Crippen LogP contribution in [0.1, 0.15) is 15.2 Å². The minimum absolute atomic E-state index is 0.190. The smallest absolute Gasteiger partial charge is 0.267 e. The standard InChI is InChI=1S/C17H16N2O3S2/c1-19(12-13-7-3-2-4-8-13)24(21,22)18-17(20)16-11-14-9-5-6-10-15(14)23-16/h2-11H,12H2,1H3,(H,18,20). The SMILES string of the molecule is CN(Cc1ccccc1)S(=O)(=O)NC(=O)c1cc2ccccc2s1. The van der Waals surface area contributed by atoms with E-state index in [-0.39, 0.29) is 6.54 Å². The van der Waals surface area contributed by atoms with Crippen LogP contribution in [0.4, 0.5) is 0 Å². The highest BCUT2D eigenvalue weighted by Gasteiger charge is 2.22. The Morgan fingerprint density at radius 3 is 2.46 bits per heavy atom. The highest BCUT2D eigenvalue weighted by atomic mass is 32.2. The van der Waals surface area contributed by atoms with E-state index in [4.69, 9.17) is 0 Å². The first-order valence-electron chi connectivity index (χ1n) is 7.26. The Kier molecular flexibility index (Phi) is 4.66. The summed E-state index contributed by atoms with van der Waals surface area (Å²) in [4.78, 5) is 12.6. The van der Waals surface area contributed by atoms with Gasteiger partial charge in [0.25, 0.3) is 5.91 Å². The third kappa shape index (κ3) is 3.64. The number of fused-ring (bicyclic) bond motifs is 1. The number of amides is 1. The summed E-state index contributed by atoms with van der Waals surface area (Å²) >= 11 is 1.27. The summed E-state index contributed by atoms with van der Waals surface area (Å²) < 4.78 is 28.8. The molecular weight excluding hydrogens is 344 g/mol. The molecule has 1 N–H and O–H groups in total. The van der Waals surface area contributed by atoms with Crippen LogP contribution in [0.5, 0.6) is 0 Å². The lowest BCUT2D eigenvalue weighted by Gasteiger charge is -2.17. The summed E-state index contributed by atoms with van der Waals surface area (Å²) in [5.74, 6) is -0.615. The monoisotopic (exact) mass is 360 g/mol. The van der Waals surface area contributed by atoms with Gasteiger partial charge in [0.2, 0.25) is 0 Å². The summed E-state index contributed by atoms with van der Waals surface area (Å²) in [5.41, 5.74) is 0.847. The van der Waals surface area contributed by atoms with Gasteiger partial charge in [-0.1, -0.05) is 48.5 Å². The van der Waals surface area contributed by atoms with E-state index in [9.17, 15) is 13.2 Å². The number of carbonyl (C=O) groups is 1. The molecule has 3 rings (SSSR count). The van der Waals surface area contributed by atoms with Crippen molar-refractivity contribution in [3.63, 3.8) is 0 Å². The summed E-state index contributed by atoms with van der Waals surface area (Å²) in [6, 6.07) is 18.4. The molecule has 0 aliphatic heterocycles. The van der Waals surface area contributed by atoms with E-state index in [2.05, 4.69) is 4.72 Å². The van der Waals surface area contributed by atoms with Crippen LogP contribution in [0.2, 0.25) is 0 Å². The maximum atomic E-state index is 12.3. The van der Waals surface area contributed by atoms with Crippen molar-refractivity contribution in [1.29, 1.82) is 0 Å². The number of hydrogen-bond donors (Lipinski definition) is 1. The lowest BCUT2D eigenvalue weighted by Crippen LogP contribution is -2.40. The molecule has 0 bridgehead atoms. The first-order chi connectivity index (χ1) is 11.5. The molecule has 3 aromatic rings. The molecule has 0 fully saturated rings. The lowest BCUT2D eigenvalue weighted by atomic mass is 10.2. The maximum absolute atomic E-state index is 12.3. The van der Waals surface area contributed by atoms with Crippen molar-refractivity contribution in [2.24, 2.45) is 0 Å². The molecule has 0 unspecified atom stereocenters. The van der Waals surface area contributed by atoms with Crippen LogP contribution in [0, 0.1) is 0 Å². The van der Waals surface area contributed by atoms with Crippen molar-refractivity contribution in [2.45, 2.75) is 6.54 Å². The van der Waals surface area contributed by atoms with Crippen molar-refractivity contribution in [3.05, 3.63) is 71.1 Å². The van der Waals surface area contributed by atoms with Gasteiger partial charge in [0.1, 0.15) is 0 Å². The number of carbonyl (C=O) groups excluding carboxylic acids is 1. The molecule has 0 aliphatic rings. The van der Waals surface area contributed by atoms with Gasteiger partial charge in [0, 0.05) is 18.3 Å². The van der Waals surface area contributed by atoms with Gasteiger partial charge in [-0.3, -0.25) is 4.79 Å². The van der Waals surface area contributed by atoms with Gasteiger partial charge >= 0.3 is 10.2 Å². The first kappa shape index (κ1) is 16.6. The van der Waals surface area contributed by atoms with E-state index in [1.54, 1.807) is 6.07 Å². The maximum Gasteiger partial charge on any atom is 0.304 e. The molecule has 0 aliphatic carbocycles. The van der Waals surface area contributed by atoms with E-state index < -0.39 is 16.1 Å². The molecule has 7 heteroatoms. The van der Waals surface area contributed by atoms with Gasteiger partial charge < -0.3 is 0 Å². The van der Waals surface area contributed by atoms with Gasteiger partial charge in [-0.05, 0) is 23.1 Å². The highest BCUT2D eigenvalue weighted by Crippen LogP contribution is 2.25. The molecular formula is C17H16N2O3S2. The average Bonchev–Trinajstić information content (AvgIpc) is 2.99. The topological polar surface area (TPSA) is 66.5 Å². The molecule has 124 valence electrons. The second kappa shape index (κ2) is 6.72. The number of nitrogens with one attached hydrogen (secondary N) is 1. The van der Waals surface area contributed by atoms with E-state index >= 15 is 0 Å². The van der Waals surface area contributed by atoms with Crippen molar-refractivity contribution in [3.8, 4) is 0 Å². The minimum atomic E-state index is -3.90. The van der Waals surface area contributed by atoms with Gasteiger partial charge in [-0.25, -0.2) is 4.72 Å². The predicted octanol–water partition coefficient (Wildman–Crippen LogP) is 3.01. The van der Waals surface area contributed by atoms with E-state index in [0.29, 0.717) is 4.88 Å². The normalized spacial score (nSPS) is 11.8. The average molecular weight is 360 g/mol. The van der Waals surface area contributed by atoms with Crippen LogP contribution >= 0.6 is 11.3 Å². The van der Waals surface area contributed by atoms with Crippen molar-refractivity contribution in [2.75, 3.05) is 7.05 Å². The van der Waals surface area contributed by atoms with Crippen LogP contribution in [-0.4, -0.2) is 25.7 Å². The highest BCUT2D eigenvalue weighted by molar-refractivity contribution is 7.87. The summed E-state index contributed by atoms with van der Waals surface area (Å²) in [5, 5.41) is 0.919. The van der Waals surface area contributed by atoms with Crippen molar-refractivity contribution in [1.82, 2.24) is 9.03 Å². The van der Waals surface area contributed by atoms with Crippen LogP contribution in [0.25, 0.3) is 10.1 Å². The molecule has 0 saturated carbocycles. The van der Waals surface area contributed by atoms with Crippen molar-refractivity contribution >= 4 is 37.5 Å². The van der Waals surface area contributed by atoms with E-state index in [1.165, 1.54) is 18.4 Å². The Labute approximate surface area is 144 Å². The molecule has 2 aromatic carbocycles. The quantitative estimate of drug-likeness (QED) is 0.761. The van der Waals surface area contributed by atoms with Crippen LogP contribution in [0.15, 0.2) is 60.7 Å². The second-order valence-corrected chi connectivity index (χ2v) is 8.19. The number of nitrogens with zero attached hydrogens (tertiary/aromatic N) is 1. The Balaban J connectivity index is 1.74. The van der Waals surface area contributed by atoms with Crippen LogP contribution in [0.3, 0.4) is 0 Å². The molecule has 5 nitrogen and oxygen atoms in total.